The summed E-state index contributed by atoms with van der Waals surface area (Å²) in [7, 11) is -3.73. The molecule has 1 aliphatic heterocycles. The van der Waals surface area contributed by atoms with Crippen molar-refractivity contribution in [1.82, 2.24) is 18.8 Å². The van der Waals surface area contributed by atoms with Gasteiger partial charge in [0.2, 0.25) is 15.3 Å². The molecule has 1 amide bonds. The molecule has 0 bridgehead atoms. The van der Waals surface area contributed by atoms with Crippen LogP contribution in [0.1, 0.15) is 39.2 Å². The topological polar surface area (TPSA) is 106 Å². The number of hydrogen-bond acceptors (Lipinski definition) is 7. The summed E-state index contributed by atoms with van der Waals surface area (Å²) in [6.07, 6.45) is 2.72. The Bertz CT molecular complexity index is 1290. The highest BCUT2D eigenvalue weighted by Crippen LogP contribution is 2.27. The second kappa shape index (κ2) is 9.42. The summed E-state index contributed by atoms with van der Waals surface area (Å²) < 4.78 is 32.8. The fourth-order valence-corrected chi connectivity index (χ4v) is 5.50. The molecule has 9 nitrogen and oxygen atoms in total. The van der Waals surface area contributed by atoms with E-state index >= 15 is 0 Å². The van der Waals surface area contributed by atoms with E-state index in [4.69, 9.17) is 16.3 Å². The number of halogens is 1. The Kier molecular flexibility index (Phi) is 6.73. The van der Waals surface area contributed by atoms with Crippen molar-refractivity contribution in [1.29, 1.82) is 0 Å². The SMILES string of the molecule is CC(C)(C)OC(=O)N1CCCC(Nc2nc(Cl)nc3c2ccn3S(=O)(=O)Cc2ccccc2)C1. The van der Waals surface area contributed by atoms with Gasteiger partial charge >= 0.3 is 6.09 Å². The molecule has 1 aromatic carbocycles. The molecule has 3 heterocycles. The van der Waals surface area contributed by atoms with Crippen molar-refractivity contribution >= 4 is 44.6 Å². The summed E-state index contributed by atoms with van der Waals surface area (Å²) in [5.74, 6) is 0.259. The highest BCUT2D eigenvalue weighted by Gasteiger charge is 2.29. The van der Waals surface area contributed by atoms with Gasteiger partial charge in [-0.05, 0) is 56.8 Å². The number of aromatic nitrogens is 3. The van der Waals surface area contributed by atoms with Gasteiger partial charge in [-0.3, -0.25) is 0 Å². The summed E-state index contributed by atoms with van der Waals surface area (Å²) in [5.41, 5.74) is 0.309. The second-order valence-electron chi connectivity index (χ2n) is 9.34. The van der Waals surface area contributed by atoms with E-state index in [-0.39, 0.29) is 28.8 Å². The summed E-state index contributed by atoms with van der Waals surface area (Å²) in [6.45, 7) is 6.55. The van der Waals surface area contributed by atoms with E-state index in [1.807, 2.05) is 26.8 Å². The third kappa shape index (κ3) is 5.61. The zero-order valence-corrected chi connectivity index (χ0v) is 20.9. The molecule has 11 heteroatoms. The van der Waals surface area contributed by atoms with Crippen LogP contribution >= 0.6 is 11.6 Å². The van der Waals surface area contributed by atoms with E-state index in [2.05, 4.69) is 15.3 Å². The molecule has 0 radical (unpaired) electrons. The number of carbonyl (C=O) groups excluding carboxylic acids is 1. The van der Waals surface area contributed by atoms with Crippen LogP contribution in [0.25, 0.3) is 11.0 Å². The number of anilines is 1. The van der Waals surface area contributed by atoms with Crippen LogP contribution in [0.5, 0.6) is 0 Å². The Hall–Kier alpha value is -2.85. The number of benzene rings is 1. The molecule has 1 aliphatic rings. The predicted molar refractivity (Wildman–Crippen MR) is 131 cm³/mol. The van der Waals surface area contributed by atoms with Crippen LogP contribution in [0.3, 0.4) is 0 Å². The number of nitrogens with zero attached hydrogens (tertiary/aromatic N) is 4. The maximum absolute atomic E-state index is 13.1. The first-order chi connectivity index (χ1) is 16.0. The average molecular weight is 506 g/mol. The molecule has 3 aromatic rings. The maximum Gasteiger partial charge on any atom is 0.410 e. The number of likely N-dealkylation sites (tertiary alicyclic amines) is 1. The fourth-order valence-electron chi connectivity index (χ4n) is 3.93. The Morgan fingerprint density at radius 2 is 1.94 bits per heavy atom. The van der Waals surface area contributed by atoms with Crippen molar-refractivity contribution in [2.45, 2.75) is 51.0 Å². The van der Waals surface area contributed by atoms with E-state index in [9.17, 15) is 13.2 Å². The molecule has 1 fully saturated rings. The highest BCUT2D eigenvalue weighted by molar-refractivity contribution is 7.89. The number of rotatable bonds is 5. The Morgan fingerprint density at radius 3 is 2.65 bits per heavy atom. The largest absolute Gasteiger partial charge is 0.444 e. The molecular weight excluding hydrogens is 478 g/mol. The van der Waals surface area contributed by atoms with Gasteiger partial charge in [-0.15, -0.1) is 0 Å². The van der Waals surface area contributed by atoms with Crippen molar-refractivity contribution in [3.63, 3.8) is 0 Å². The first-order valence-corrected chi connectivity index (χ1v) is 13.1. The van der Waals surface area contributed by atoms with Gasteiger partial charge in [0.25, 0.3) is 0 Å². The highest BCUT2D eigenvalue weighted by atomic mass is 35.5. The van der Waals surface area contributed by atoms with Crippen LogP contribution in [-0.4, -0.2) is 58.1 Å². The second-order valence-corrected chi connectivity index (χ2v) is 11.5. The molecule has 182 valence electrons. The van der Waals surface area contributed by atoms with Crippen molar-refractivity contribution in [2.24, 2.45) is 0 Å². The standard InChI is InChI=1S/C23H28ClN5O4S/c1-23(2,3)33-22(30)28-12-7-10-17(14-28)25-19-18-11-13-29(20(18)27-21(24)26-19)34(31,32)15-16-8-5-4-6-9-16/h4-6,8-9,11,13,17H,7,10,12,14-15H2,1-3H3,(H,25,26,27). The van der Waals surface area contributed by atoms with Crippen LogP contribution in [0.4, 0.5) is 10.6 Å². The number of piperidine rings is 1. The number of hydrogen-bond donors (Lipinski definition) is 1. The molecule has 1 unspecified atom stereocenters. The number of nitrogens with one attached hydrogen (secondary N) is 1. The quantitative estimate of drug-likeness (QED) is 0.516. The maximum atomic E-state index is 13.1. The third-order valence-corrected chi connectivity index (χ3v) is 7.15. The lowest BCUT2D eigenvalue weighted by Crippen LogP contribution is -2.47. The molecule has 2 aromatic heterocycles. The smallest absolute Gasteiger partial charge is 0.410 e. The predicted octanol–water partition coefficient (Wildman–Crippen LogP) is 4.27. The van der Waals surface area contributed by atoms with Crippen LogP contribution in [0.15, 0.2) is 42.6 Å². The molecule has 34 heavy (non-hydrogen) atoms. The molecule has 1 N–H and O–H groups in total. The van der Waals surface area contributed by atoms with Crippen LogP contribution < -0.4 is 5.32 Å². The molecular formula is C23H28ClN5O4S. The molecule has 4 rings (SSSR count). The Balaban J connectivity index is 1.57. The minimum Gasteiger partial charge on any atom is -0.444 e. The molecule has 1 atom stereocenters. The number of carbonyl (C=O) groups is 1. The van der Waals surface area contributed by atoms with Gasteiger partial charge in [0.05, 0.1) is 11.1 Å². The van der Waals surface area contributed by atoms with Gasteiger partial charge in [0.1, 0.15) is 11.4 Å². The van der Waals surface area contributed by atoms with Gasteiger partial charge in [0, 0.05) is 25.3 Å². The van der Waals surface area contributed by atoms with Gasteiger partial charge in [-0.1, -0.05) is 30.3 Å². The summed E-state index contributed by atoms with van der Waals surface area (Å²) in [5, 5.41) is 3.81. The normalized spacial score (nSPS) is 17.1. The lowest BCUT2D eigenvalue weighted by molar-refractivity contribution is 0.0206. The number of ether oxygens (including phenoxy) is 1. The van der Waals surface area contributed by atoms with Gasteiger partial charge in [-0.2, -0.15) is 4.98 Å². The zero-order chi connectivity index (χ0) is 24.5. The van der Waals surface area contributed by atoms with Crippen LogP contribution in [-0.2, 0) is 20.5 Å². The average Bonchev–Trinajstić information content (AvgIpc) is 3.18. The number of amides is 1. The Labute approximate surface area is 204 Å². The van der Waals surface area contributed by atoms with Gasteiger partial charge in [-0.25, -0.2) is 22.2 Å². The third-order valence-electron chi connectivity index (χ3n) is 5.39. The fraction of sp³-hybridized carbons (Fsp3) is 0.435. The monoisotopic (exact) mass is 505 g/mol. The minimum atomic E-state index is -3.73. The molecule has 0 aliphatic carbocycles. The molecule has 1 saturated heterocycles. The van der Waals surface area contributed by atoms with Crippen LogP contribution in [0, 0.1) is 0 Å². The molecule has 0 saturated carbocycles. The number of fused-ring (bicyclic) bond motifs is 1. The summed E-state index contributed by atoms with van der Waals surface area (Å²) in [6, 6.07) is 10.5. The van der Waals surface area contributed by atoms with Crippen molar-refractivity contribution in [3.05, 3.63) is 53.4 Å². The summed E-state index contributed by atoms with van der Waals surface area (Å²) in [4.78, 5) is 22.7. The van der Waals surface area contributed by atoms with E-state index < -0.39 is 15.6 Å². The van der Waals surface area contributed by atoms with E-state index in [0.717, 1.165) is 16.8 Å². The van der Waals surface area contributed by atoms with Crippen molar-refractivity contribution in [3.8, 4) is 0 Å². The zero-order valence-electron chi connectivity index (χ0n) is 19.4. The first kappa shape index (κ1) is 24.3. The first-order valence-electron chi connectivity index (χ1n) is 11.1. The van der Waals surface area contributed by atoms with E-state index in [1.54, 1.807) is 35.2 Å². The van der Waals surface area contributed by atoms with Crippen molar-refractivity contribution < 1.29 is 17.9 Å². The summed E-state index contributed by atoms with van der Waals surface area (Å²) >= 11 is 6.18. The van der Waals surface area contributed by atoms with Gasteiger partial charge in [0.15, 0.2) is 5.65 Å². The lowest BCUT2D eigenvalue weighted by Gasteiger charge is -2.34. The van der Waals surface area contributed by atoms with Crippen LogP contribution in [0.2, 0.25) is 5.28 Å². The van der Waals surface area contributed by atoms with Gasteiger partial charge < -0.3 is 15.0 Å². The van der Waals surface area contributed by atoms with E-state index in [1.165, 1.54) is 6.20 Å². The minimum absolute atomic E-state index is 0.0651. The van der Waals surface area contributed by atoms with Crippen molar-refractivity contribution in [2.75, 3.05) is 18.4 Å². The lowest BCUT2D eigenvalue weighted by atomic mass is 10.1. The molecule has 0 spiro atoms. The van der Waals surface area contributed by atoms with E-state index in [0.29, 0.717) is 29.9 Å². The Morgan fingerprint density at radius 1 is 1.21 bits per heavy atom.